The summed E-state index contributed by atoms with van der Waals surface area (Å²) in [6.45, 7) is 5.21. The summed E-state index contributed by atoms with van der Waals surface area (Å²) in [4.78, 5) is 17.9. The molecule has 1 fully saturated rings. The number of rotatable bonds is 6. The van der Waals surface area contributed by atoms with Gasteiger partial charge in [0.25, 0.3) is 0 Å². The van der Waals surface area contributed by atoms with Gasteiger partial charge in [0.15, 0.2) is 0 Å². The highest BCUT2D eigenvalue weighted by molar-refractivity contribution is 5.87. The Labute approximate surface area is 166 Å². The second-order valence-corrected chi connectivity index (χ2v) is 7.19. The number of carbonyl (C=O) groups excluding carboxylic acids is 1. The molecular weight excluding hydrogens is 348 g/mol. The molecular formula is C23H26N4O. The molecule has 0 radical (unpaired) electrons. The van der Waals surface area contributed by atoms with Crippen LogP contribution in [0.4, 0.5) is 0 Å². The van der Waals surface area contributed by atoms with E-state index < -0.39 is 0 Å². The van der Waals surface area contributed by atoms with Gasteiger partial charge in [0.1, 0.15) is 0 Å². The lowest BCUT2D eigenvalue weighted by atomic mass is 9.90. The summed E-state index contributed by atoms with van der Waals surface area (Å²) < 4.78 is 1.96. The Morgan fingerprint density at radius 3 is 1.96 bits per heavy atom. The third-order valence-corrected chi connectivity index (χ3v) is 5.40. The lowest BCUT2D eigenvalue weighted by Crippen LogP contribution is -2.50. The molecule has 0 atom stereocenters. The molecule has 0 spiro atoms. The molecule has 1 aromatic heterocycles. The molecule has 0 aliphatic carbocycles. The van der Waals surface area contributed by atoms with Gasteiger partial charge in [-0.05, 0) is 17.2 Å². The first-order chi connectivity index (χ1) is 13.8. The van der Waals surface area contributed by atoms with Gasteiger partial charge in [-0.1, -0.05) is 60.7 Å². The largest absolute Gasteiger partial charge is 0.339 e. The van der Waals surface area contributed by atoms with Crippen LogP contribution in [0.25, 0.3) is 0 Å². The Morgan fingerprint density at radius 1 is 0.821 bits per heavy atom. The van der Waals surface area contributed by atoms with E-state index in [9.17, 15) is 4.79 Å². The Balaban J connectivity index is 1.42. The lowest BCUT2D eigenvalue weighted by Gasteiger charge is -2.36. The van der Waals surface area contributed by atoms with E-state index in [1.165, 1.54) is 0 Å². The molecule has 144 valence electrons. The van der Waals surface area contributed by atoms with E-state index in [1.807, 2.05) is 64.4 Å². The van der Waals surface area contributed by atoms with Gasteiger partial charge in [0.05, 0.1) is 12.5 Å². The summed E-state index contributed by atoms with van der Waals surface area (Å²) in [5.41, 5.74) is 2.11. The Morgan fingerprint density at radius 2 is 1.43 bits per heavy atom. The van der Waals surface area contributed by atoms with Crippen molar-refractivity contribution in [2.75, 3.05) is 32.7 Å². The third-order valence-electron chi connectivity index (χ3n) is 5.40. The van der Waals surface area contributed by atoms with Crippen LogP contribution in [0.1, 0.15) is 17.0 Å². The Kier molecular flexibility index (Phi) is 5.83. The van der Waals surface area contributed by atoms with Crippen molar-refractivity contribution >= 4 is 5.91 Å². The minimum atomic E-state index is -0.238. The molecule has 4 rings (SSSR count). The summed E-state index contributed by atoms with van der Waals surface area (Å²) in [5.74, 6) is -0.0397. The van der Waals surface area contributed by atoms with Crippen LogP contribution in [0.5, 0.6) is 0 Å². The highest BCUT2D eigenvalue weighted by Gasteiger charge is 2.29. The van der Waals surface area contributed by atoms with Gasteiger partial charge in [0, 0.05) is 45.1 Å². The maximum Gasteiger partial charge on any atom is 0.234 e. The number of aromatic nitrogens is 2. The first kappa shape index (κ1) is 18.4. The summed E-state index contributed by atoms with van der Waals surface area (Å²) in [6.07, 6.45) is 3.80. The van der Waals surface area contributed by atoms with Crippen LogP contribution >= 0.6 is 0 Å². The number of piperazine rings is 1. The van der Waals surface area contributed by atoms with E-state index in [0.29, 0.717) is 0 Å². The quantitative estimate of drug-likeness (QED) is 0.666. The fourth-order valence-corrected chi connectivity index (χ4v) is 3.82. The van der Waals surface area contributed by atoms with E-state index in [0.717, 1.165) is 50.4 Å². The monoisotopic (exact) mass is 374 g/mol. The smallest absolute Gasteiger partial charge is 0.234 e. The van der Waals surface area contributed by atoms with Crippen molar-refractivity contribution < 1.29 is 4.79 Å². The average molecular weight is 374 g/mol. The van der Waals surface area contributed by atoms with Crippen LogP contribution in [0.15, 0.2) is 79.1 Å². The van der Waals surface area contributed by atoms with Crippen molar-refractivity contribution in [1.82, 2.24) is 19.6 Å². The van der Waals surface area contributed by atoms with Crippen LogP contribution in [0, 0.1) is 0 Å². The second-order valence-electron chi connectivity index (χ2n) is 7.19. The minimum absolute atomic E-state index is 0.198. The van der Waals surface area contributed by atoms with Gasteiger partial charge in [0.2, 0.25) is 5.91 Å². The maximum absolute atomic E-state index is 13.4. The lowest BCUT2D eigenvalue weighted by molar-refractivity contribution is -0.133. The molecule has 0 N–H and O–H groups in total. The van der Waals surface area contributed by atoms with Gasteiger partial charge >= 0.3 is 0 Å². The molecule has 1 saturated heterocycles. The SMILES string of the molecule is O=C(C(c1ccccc1)c1ccccc1)N1CCN(CCn2cccn2)CC1. The van der Waals surface area contributed by atoms with E-state index in [2.05, 4.69) is 34.3 Å². The van der Waals surface area contributed by atoms with Crippen molar-refractivity contribution in [1.29, 1.82) is 0 Å². The Bertz CT molecular complexity index is 817. The summed E-state index contributed by atoms with van der Waals surface area (Å²) in [5, 5.41) is 4.26. The highest BCUT2D eigenvalue weighted by atomic mass is 16.2. The zero-order valence-electron chi connectivity index (χ0n) is 16.0. The van der Waals surface area contributed by atoms with Crippen molar-refractivity contribution in [2.24, 2.45) is 0 Å². The van der Waals surface area contributed by atoms with Crippen molar-refractivity contribution in [2.45, 2.75) is 12.5 Å². The number of hydrogen-bond acceptors (Lipinski definition) is 3. The second kappa shape index (κ2) is 8.85. The molecule has 5 heteroatoms. The van der Waals surface area contributed by atoms with Crippen molar-refractivity contribution in [3.8, 4) is 0 Å². The molecule has 28 heavy (non-hydrogen) atoms. The fraction of sp³-hybridized carbons (Fsp3) is 0.304. The van der Waals surface area contributed by atoms with Gasteiger partial charge in [-0.15, -0.1) is 0 Å². The molecule has 1 aliphatic heterocycles. The van der Waals surface area contributed by atoms with E-state index in [1.54, 1.807) is 0 Å². The zero-order valence-corrected chi connectivity index (χ0v) is 16.0. The number of nitrogens with zero attached hydrogens (tertiary/aromatic N) is 4. The summed E-state index contributed by atoms with van der Waals surface area (Å²) in [6, 6.07) is 22.2. The van der Waals surface area contributed by atoms with Gasteiger partial charge in [-0.25, -0.2) is 0 Å². The zero-order chi connectivity index (χ0) is 19.2. The van der Waals surface area contributed by atoms with Gasteiger partial charge in [-0.2, -0.15) is 5.10 Å². The van der Waals surface area contributed by atoms with Gasteiger partial charge < -0.3 is 4.90 Å². The highest BCUT2D eigenvalue weighted by Crippen LogP contribution is 2.27. The van der Waals surface area contributed by atoms with Crippen LogP contribution < -0.4 is 0 Å². The summed E-state index contributed by atoms with van der Waals surface area (Å²) >= 11 is 0. The first-order valence-corrected chi connectivity index (χ1v) is 9.90. The molecule has 1 amide bonds. The molecule has 1 aliphatic rings. The van der Waals surface area contributed by atoms with Crippen LogP contribution in [0.2, 0.25) is 0 Å². The van der Waals surface area contributed by atoms with E-state index in [4.69, 9.17) is 0 Å². The fourth-order valence-electron chi connectivity index (χ4n) is 3.82. The standard InChI is InChI=1S/C23H26N4O/c28-23(22(20-8-3-1-4-9-20)21-10-5-2-6-11-21)26-17-14-25(15-18-26)16-19-27-13-7-12-24-27/h1-13,22H,14-19H2. The van der Waals surface area contributed by atoms with Crippen LogP contribution in [-0.4, -0.2) is 58.2 Å². The normalized spacial score (nSPS) is 15.1. The molecule has 0 saturated carbocycles. The maximum atomic E-state index is 13.4. The van der Waals surface area contributed by atoms with E-state index >= 15 is 0 Å². The Hall–Kier alpha value is -2.92. The molecule has 2 aromatic carbocycles. The number of benzene rings is 2. The van der Waals surface area contributed by atoms with Crippen molar-refractivity contribution in [3.63, 3.8) is 0 Å². The topological polar surface area (TPSA) is 41.4 Å². The average Bonchev–Trinajstić information content (AvgIpc) is 3.28. The summed E-state index contributed by atoms with van der Waals surface area (Å²) in [7, 11) is 0. The molecule has 5 nitrogen and oxygen atoms in total. The van der Waals surface area contributed by atoms with E-state index in [-0.39, 0.29) is 11.8 Å². The predicted molar refractivity (Wildman–Crippen MR) is 110 cm³/mol. The molecule has 0 bridgehead atoms. The van der Waals surface area contributed by atoms with Crippen LogP contribution in [0.3, 0.4) is 0 Å². The van der Waals surface area contributed by atoms with Crippen LogP contribution in [-0.2, 0) is 11.3 Å². The molecule has 0 unspecified atom stereocenters. The first-order valence-electron chi connectivity index (χ1n) is 9.90. The number of amides is 1. The number of carbonyl (C=O) groups is 1. The molecule has 2 heterocycles. The minimum Gasteiger partial charge on any atom is -0.339 e. The van der Waals surface area contributed by atoms with Crippen molar-refractivity contribution in [3.05, 3.63) is 90.3 Å². The predicted octanol–water partition coefficient (Wildman–Crippen LogP) is 2.86. The third kappa shape index (κ3) is 4.31. The molecule has 3 aromatic rings. The van der Waals surface area contributed by atoms with Gasteiger partial charge in [-0.3, -0.25) is 14.4 Å². The number of hydrogen-bond donors (Lipinski definition) is 0.